The van der Waals surface area contributed by atoms with Gasteiger partial charge in [0.2, 0.25) is 0 Å². The molecular weight excluding hydrogens is 196 g/mol. The molecule has 1 fully saturated rings. The Morgan fingerprint density at radius 1 is 1.64 bits per heavy atom. The maximum atomic E-state index is 5.80. The summed E-state index contributed by atoms with van der Waals surface area (Å²) in [6, 6.07) is 4.11. The van der Waals surface area contributed by atoms with Gasteiger partial charge in [-0.05, 0) is 24.6 Å². The van der Waals surface area contributed by atoms with Crippen LogP contribution in [0.5, 0.6) is 0 Å². The van der Waals surface area contributed by atoms with Crippen LogP contribution in [0.1, 0.15) is 18.5 Å². The topological polar surface area (TPSA) is 48.1 Å². The summed E-state index contributed by atoms with van der Waals surface area (Å²) in [5.41, 5.74) is 6.94. The Morgan fingerprint density at radius 3 is 3.00 bits per heavy atom. The van der Waals surface area contributed by atoms with Gasteiger partial charge in [0.1, 0.15) is 0 Å². The van der Waals surface area contributed by atoms with Crippen molar-refractivity contribution in [1.82, 2.24) is 4.98 Å². The molecule has 1 aromatic rings. The van der Waals surface area contributed by atoms with Gasteiger partial charge in [0.25, 0.3) is 0 Å². The quantitative estimate of drug-likeness (QED) is 0.823. The van der Waals surface area contributed by atoms with Crippen molar-refractivity contribution in [2.24, 2.45) is 5.73 Å². The van der Waals surface area contributed by atoms with E-state index in [2.05, 4.69) is 11.1 Å². The minimum atomic E-state index is 0.0787. The second kappa shape index (κ2) is 4.29. The number of rotatable bonds is 3. The highest BCUT2D eigenvalue weighted by Crippen LogP contribution is 2.27. The zero-order valence-electron chi connectivity index (χ0n) is 8.14. The van der Waals surface area contributed by atoms with Crippen molar-refractivity contribution in [3.63, 3.8) is 0 Å². The van der Waals surface area contributed by atoms with Gasteiger partial charge in [-0.2, -0.15) is 0 Å². The van der Waals surface area contributed by atoms with Gasteiger partial charge in [0.05, 0.1) is 23.5 Å². The standard InChI is InChI=1S/C10H14N2OS/c1-7(11)8-2-3-12-10(4-8)14-9-5-13-6-9/h2-4,7,9H,5-6,11H2,1H3/t7-/m0/s1. The van der Waals surface area contributed by atoms with Crippen molar-refractivity contribution in [1.29, 1.82) is 0 Å². The van der Waals surface area contributed by atoms with Gasteiger partial charge in [-0.3, -0.25) is 0 Å². The number of nitrogens with zero attached hydrogens (tertiary/aromatic N) is 1. The summed E-state index contributed by atoms with van der Waals surface area (Å²) >= 11 is 1.77. The van der Waals surface area contributed by atoms with Crippen LogP contribution in [0.15, 0.2) is 23.4 Å². The number of nitrogens with two attached hydrogens (primary N) is 1. The van der Waals surface area contributed by atoms with E-state index >= 15 is 0 Å². The monoisotopic (exact) mass is 210 g/mol. The number of thioether (sulfide) groups is 1. The fourth-order valence-electron chi connectivity index (χ4n) is 1.23. The molecule has 1 aliphatic heterocycles. The fraction of sp³-hybridized carbons (Fsp3) is 0.500. The van der Waals surface area contributed by atoms with Crippen LogP contribution >= 0.6 is 11.8 Å². The summed E-state index contributed by atoms with van der Waals surface area (Å²) in [5.74, 6) is 0. The largest absolute Gasteiger partial charge is 0.379 e. The molecule has 0 spiro atoms. The first-order chi connectivity index (χ1) is 6.75. The van der Waals surface area contributed by atoms with Crippen LogP contribution in [0, 0.1) is 0 Å². The van der Waals surface area contributed by atoms with Crippen LogP contribution < -0.4 is 5.73 Å². The van der Waals surface area contributed by atoms with Crippen molar-refractivity contribution in [2.75, 3.05) is 13.2 Å². The predicted molar refractivity (Wildman–Crippen MR) is 57.3 cm³/mol. The van der Waals surface area contributed by atoms with E-state index in [0.717, 1.165) is 23.8 Å². The maximum absolute atomic E-state index is 5.80. The molecule has 0 unspecified atom stereocenters. The summed E-state index contributed by atoms with van der Waals surface area (Å²) in [6.07, 6.45) is 1.82. The summed E-state index contributed by atoms with van der Waals surface area (Å²) < 4.78 is 5.11. The molecule has 1 saturated heterocycles. The molecule has 0 aromatic carbocycles. The molecule has 0 bridgehead atoms. The molecule has 0 radical (unpaired) electrons. The molecule has 1 atom stereocenters. The lowest BCUT2D eigenvalue weighted by atomic mass is 10.1. The lowest BCUT2D eigenvalue weighted by Crippen LogP contribution is -2.30. The number of pyridine rings is 1. The normalized spacial score (nSPS) is 19.0. The molecule has 0 aliphatic carbocycles. The van der Waals surface area contributed by atoms with E-state index < -0.39 is 0 Å². The second-order valence-corrected chi connectivity index (χ2v) is 4.81. The smallest absolute Gasteiger partial charge is 0.0967 e. The molecule has 14 heavy (non-hydrogen) atoms. The Bertz CT molecular complexity index is 313. The van der Waals surface area contributed by atoms with Crippen molar-refractivity contribution < 1.29 is 4.74 Å². The van der Waals surface area contributed by atoms with Crippen LogP contribution in [0.2, 0.25) is 0 Å². The first kappa shape index (κ1) is 9.96. The zero-order valence-corrected chi connectivity index (χ0v) is 8.96. The van der Waals surface area contributed by atoms with Crippen LogP contribution in [0.4, 0.5) is 0 Å². The zero-order chi connectivity index (χ0) is 9.97. The third kappa shape index (κ3) is 2.26. The molecule has 0 amide bonds. The van der Waals surface area contributed by atoms with E-state index in [-0.39, 0.29) is 6.04 Å². The van der Waals surface area contributed by atoms with Crippen molar-refractivity contribution in [3.8, 4) is 0 Å². The average Bonchev–Trinajstić information content (AvgIpc) is 2.12. The molecule has 1 aliphatic rings. The maximum Gasteiger partial charge on any atom is 0.0967 e. The molecular formula is C10H14N2OS. The highest BCUT2D eigenvalue weighted by atomic mass is 32.2. The van der Waals surface area contributed by atoms with Crippen molar-refractivity contribution in [2.45, 2.75) is 23.2 Å². The first-order valence-corrected chi connectivity index (χ1v) is 5.59. The summed E-state index contributed by atoms with van der Waals surface area (Å²) in [6.45, 7) is 3.67. The second-order valence-electron chi connectivity index (χ2n) is 3.49. The number of hydrogen-bond donors (Lipinski definition) is 1. The highest BCUT2D eigenvalue weighted by molar-refractivity contribution is 8.00. The fourth-order valence-corrected chi connectivity index (χ4v) is 2.22. The van der Waals surface area contributed by atoms with Gasteiger partial charge in [-0.1, -0.05) is 11.8 Å². The average molecular weight is 210 g/mol. The van der Waals surface area contributed by atoms with Gasteiger partial charge in [-0.25, -0.2) is 4.98 Å². The highest BCUT2D eigenvalue weighted by Gasteiger charge is 2.20. The van der Waals surface area contributed by atoms with Gasteiger partial charge >= 0.3 is 0 Å². The lowest BCUT2D eigenvalue weighted by molar-refractivity contribution is 0.0454. The van der Waals surface area contributed by atoms with E-state index in [1.54, 1.807) is 11.8 Å². The number of ether oxygens (including phenoxy) is 1. The van der Waals surface area contributed by atoms with Crippen molar-refractivity contribution in [3.05, 3.63) is 23.9 Å². The van der Waals surface area contributed by atoms with Gasteiger partial charge in [-0.15, -0.1) is 0 Å². The lowest BCUT2D eigenvalue weighted by Gasteiger charge is -2.24. The van der Waals surface area contributed by atoms with Crippen LogP contribution in [-0.2, 0) is 4.74 Å². The number of hydrogen-bond acceptors (Lipinski definition) is 4. The van der Waals surface area contributed by atoms with Gasteiger partial charge in [0, 0.05) is 12.2 Å². The predicted octanol–water partition coefficient (Wildman–Crippen LogP) is 1.59. The molecule has 0 saturated carbocycles. The Balaban J connectivity index is 2.05. The Hall–Kier alpha value is -0.580. The Kier molecular flexibility index (Phi) is 3.05. The Morgan fingerprint density at radius 2 is 2.43 bits per heavy atom. The van der Waals surface area contributed by atoms with Crippen molar-refractivity contribution >= 4 is 11.8 Å². The SMILES string of the molecule is C[C@H](N)c1ccnc(SC2COC2)c1. The summed E-state index contributed by atoms with van der Waals surface area (Å²) in [4.78, 5) is 4.30. The summed E-state index contributed by atoms with van der Waals surface area (Å²) in [7, 11) is 0. The van der Waals surface area contributed by atoms with Crippen LogP contribution in [0.25, 0.3) is 0 Å². The number of aromatic nitrogens is 1. The molecule has 2 heterocycles. The first-order valence-electron chi connectivity index (χ1n) is 4.71. The minimum absolute atomic E-state index is 0.0787. The third-order valence-corrected chi connectivity index (χ3v) is 3.25. The van der Waals surface area contributed by atoms with Crippen LogP contribution in [-0.4, -0.2) is 23.4 Å². The van der Waals surface area contributed by atoms with E-state index in [1.165, 1.54) is 0 Å². The molecule has 2 rings (SSSR count). The van der Waals surface area contributed by atoms with Gasteiger partial charge in [0.15, 0.2) is 0 Å². The molecule has 4 heteroatoms. The Labute approximate surface area is 88.0 Å². The van der Waals surface area contributed by atoms with E-state index in [1.807, 2.05) is 19.2 Å². The molecule has 3 nitrogen and oxygen atoms in total. The molecule has 76 valence electrons. The minimum Gasteiger partial charge on any atom is -0.379 e. The van der Waals surface area contributed by atoms with E-state index in [9.17, 15) is 0 Å². The third-order valence-electron chi connectivity index (χ3n) is 2.18. The van der Waals surface area contributed by atoms with E-state index in [0.29, 0.717) is 5.25 Å². The van der Waals surface area contributed by atoms with Crippen LogP contribution in [0.3, 0.4) is 0 Å². The molecule has 1 aromatic heterocycles. The summed E-state index contributed by atoms with van der Waals surface area (Å²) in [5, 5.41) is 1.62. The molecule has 2 N–H and O–H groups in total. The van der Waals surface area contributed by atoms with E-state index in [4.69, 9.17) is 10.5 Å². The van der Waals surface area contributed by atoms with Gasteiger partial charge < -0.3 is 10.5 Å².